The van der Waals surface area contributed by atoms with Crippen LogP contribution in [-0.2, 0) is 16.6 Å². The minimum absolute atomic E-state index is 0.0670. The average Bonchev–Trinajstić information content (AvgIpc) is 2.82. The summed E-state index contributed by atoms with van der Waals surface area (Å²) in [6, 6.07) is 1.85. The molecule has 1 fully saturated rings. The van der Waals surface area contributed by atoms with Gasteiger partial charge in [0.2, 0.25) is 5.91 Å². The number of amides is 1. The van der Waals surface area contributed by atoms with E-state index in [1.165, 1.54) is 4.90 Å². The summed E-state index contributed by atoms with van der Waals surface area (Å²) in [6.45, 7) is 4.28. The average molecular weight is 251 g/mol. The fourth-order valence-electron chi connectivity index (χ4n) is 2.11. The molecule has 0 spiro atoms. The Morgan fingerprint density at radius 1 is 1.56 bits per heavy atom. The highest BCUT2D eigenvalue weighted by Gasteiger charge is 2.36. The van der Waals surface area contributed by atoms with Crippen LogP contribution in [0.25, 0.3) is 0 Å². The van der Waals surface area contributed by atoms with Crippen LogP contribution in [0, 0.1) is 5.92 Å². The van der Waals surface area contributed by atoms with Gasteiger partial charge >= 0.3 is 5.97 Å². The van der Waals surface area contributed by atoms with Gasteiger partial charge in [-0.1, -0.05) is 13.8 Å². The maximum atomic E-state index is 11.8. The highest BCUT2D eigenvalue weighted by Crippen LogP contribution is 2.27. The standard InChI is InChI=1S/C12H17N3O3/c1-7(2)9-5-10(14(3)13-9)15-6-8(12(17)18)4-11(15)16/h5,7-8H,4,6H2,1-3H3,(H,17,18). The Bertz CT molecular complexity index is 493. The summed E-state index contributed by atoms with van der Waals surface area (Å²) in [4.78, 5) is 24.3. The van der Waals surface area contributed by atoms with Crippen molar-refractivity contribution in [2.45, 2.75) is 26.2 Å². The fourth-order valence-corrected chi connectivity index (χ4v) is 2.11. The van der Waals surface area contributed by atoms with E-state index in [4.69, 9.17) is 5.11 Å². The van der Waals surface area contributed by atoms with Gasteiger partial charge in [-0.15, -0.1) is 0 Å². The minimum atomic E-state index is -0.919. The first-order chi connectivity index (χ1) is 8.40. The maximum Gasteiger partial charge on any atom is 0.308 e. The van der Waals surface area contributed by atoms with Crippen LogP contribution >= 0.6 is 0 Å². The van der Waals surface area contributed by atoms with Crippen molar-refractivity contribution in [1.29, 1.82) is 0 Å². The van der Waals surface area contributed by atoms with E-state index in [-0.39, 0.29) is 24.8 Å². The second-order valence-corrected chi connectivity index (χ2v) is 4.95. The Balaban J connectivity index is 2.27. The molecule has 1 aliphatic heterocycles. The van der Waals surface area contributed by atoms with Gasteiger partial charge in [0.1, 0.15) is 5.82 Å². The second-order valence-electron chi connectivity index (χ2n) is 4.95. The summed E-state index contributed by atoms with van der Waals surface area (Å²) in [5.74, 6) is -0.738. The minimum Gasteiger partial charge on any atom is -0.481 e. The van der Waals surface area contributed by atoms with Crippen LogP contribution in [0.4, 0.5) is 5.82 Å². The predicted octanol–water partition coefficient (Wildman–Crippen LogP) is 0.981. The van der Waals surface area contributed by atoms with E-state index < -0.39 is 11.9 Å². The molecule has 1 N–H and O–H groups in total. The largest absolute Gasteiger partial charge is 0.481 e. The third-order valence-corrected chi connectivity index (χ3v) is 3.22. The number of hydrogen-bond acceptors (Lipinski definition) is 3. The number of carbonyl (C=O) groups excluding carboxylic acids is 1. The predicted molar refractivity (Wildman–Crippen MR) is 65.4 cm³/mol. The molecule has 0 saturated carbocycles. The molecule has 0 aromatic carbocycles. The molecule has 1 aliphatic rings. The molecule has 2 heterocycles. The lowest BCUT2D eigenvalue weighted by molar-refractivity contribution is -0.141. The van der Waals surface area contributed by atoms with Crippen LogP contribution in [0.5, 0.6) is 0 Å². The van der Waals surface area contributed by atoms with Crippen molar-refractivity contribution in [2.24, 2.45) is 13.0 Å². The molecule has 0 aliphatic carbocycles. The molecule has 2 rings (SSSR count). The van der Waals surface area contributed by atoms with Gasteiger partial charge in [-0.05, 0) is 5.92 Å². The molecular formula is C12H17N3O3. The summed E-state index contributed by atoms with van der Waals surface area (Å²) in [5, 5.41) is 13.3. The number of carbonyl (C=O) groups is 2. The number of nitrogens with zero attached hydrogens (tertiary/aromatic N) is 3. The molecule has 1 aromatic heterocycles. The van der Waals surface area contributed by atoms with Gasteiger partial charge in [0.05, 0.1) is 11.6 Å². The van der Waals surface area contributed by atoms with Gasteiger partial charge in [-0.2, -0.15) is 5.10 Å². The zero-order valence-electron chi connectivity index (χ0n) is 10.8. The number of carboxylic acids is 1. The van der Waals surface area contributed by atoms with Gasteiger partial charge < -0.3 is 5.11 Å². The molecule has 0 bridgehead atoms. The zero-order valence-corrected chi connectivity index (χ0v) is 10.8. The van der Waals surface area contributed by atoms with Crippen molar-refractivity contribution in [3.05, 3.63) is 11.8 Å². The molecular weight excluding hydrogens is 234 g/mol. The Morgan fingerprint density at radius 2 is 2.22 bits per heavy atom. The topological polar surface area (TPSA) is 75.4 Å². The zero-order chi connectivity index (χ0) is 13.4. The molecule has 1 atom stereocenters. The van der Waals surface area contributed by atoms with Gasteiger partial charge in [-0.3, -0.25) is 19.2 Å². The molecule has 1 unspecified atom stereocenters. The van der Waals surface area contributed by atoms with Gasteiger partial charge in [-0.25, -0.2) is 0 Å². The smallest absolute Gasteiger partial charge is 0.308 e. The first-order valence-electron chi connectivity index (χ1n) is 5.97. The maximum absolute atomic E-state index is 11.8. The summed E-state index contributed by atoms with van der Waals surface area (Å²) in [6.07, 6.45) is 0.0670. The van der Waals surface area contributed by atoms with E-state index in [0.717, 1.165) is 5.69 Å². The van der Waals surface area contributed by atoms with Gasteiger partial charge in [0.15, 0.2) is 0 Å². The summed E-state index contributed by atoms with van der Waals surface area (Å²) >= 11 is 0. The van der Waals surface area contributed by atoms with Crippen LogP contribution in [0.2, 0.25) is 0 Å². The van der Waals surface area contributed by atoms with Crippen LogP contribution in [-0.4, -0.2) is 33.3 Å². The lowest BCUT2D eigenvalue weighted by Gasteiger charge is -2.15. The van der Waals surface area contributed by atoms with Crippen molar-refractivity contribution in [2.75, 3.05) is 11.4 Å². The molecule has 18 heavy (non-hydrogen) atoms. The van der Waals surface area contributed by atoms with Crippen LogP contribution in [0.1, 0.15) is 31.9 Å². The Labute approximate surface area is 105 Å². The van der Waals surface area contributed by atoms with E-state index in [0.29, 0.717) is 5.82 Å². The van der Waals surface area contributed by atoms with Crippen molar-refractivity contribution in [1.82, 2.24) is 9.78 Å². The van der Waals surface area contributed by atoms with Gasteiger partial charge in [0, 0.05) is 26.1 Å². The van der Waals surface area contributed by atoms with Crippen molar-refractivity contribution < 1.29 is 14.7 Å². The van der Waals surface area contributed by atoms with Crippen LogP contribution in [0.15, 0.2) is 6.07 Å². The van der Waals surface area contributed by atoms with E-state index >= 15 is 0 Å². The SMILES string of the molecule is CC(C)c1cc(N2CC(C(=O)O)CC2=O)n(C)n1. The van der Waals surface area contributed by atoms with Crippen molar-refractivity contribution in [3.8, 4) is 0 Å². The number of aryl methyl sites for hydroxylation is 1. The Morgan fingerprint density at radius 3 is 2.67 bits per heavy atom. The molecule has 1 saturated heterocycles. The lowest BCUT2D eigenvalue weighted by Crippen LogP contribution is -2.27. The highest BCUT2D eigenvalue weighted by molar-refractivity contribution is 5.98. The van der Waals surface area contributed by atoms with E-state index in [9.17, 15) is 9.59 Å². The number of rotatable bonds is 3. The molecule has 98 valence electrons. The molecule has 1 amide bonds. The van der Waals surface area contributed by atoms with Crippen molar-refractivity contribution in [3.63, 3.8) is 0 Å². The Hall–Kier alpha value is -1.85. The van der Waals surface area contributed by atoms with Crippen molar-refractivity contribution >= 4 is 17.7 Å². The normalized spacial score (nSPS) is 19.9. The number of aromatic nitrogens is 2. The summed E-state index contributed by atoms with van der Waals surface area (Å²) < 4.78 is 1.64. The Kier molecular flexibility index (Phi) is 3.11. The second kappa shape index (κ2) is 4.44. The highest BCUT2D eigenvalue weighted by atomic mass is 16.4. The van der Waals surface area contributed by atoms with Gasteiger partial charge in [0.25, 0.3) is 0 Å². The molecule has 0 radical (unpaired) electrons. The number of aliphatic carboxylic acids is 1. The number of anilines is 1. The summed E-state index contributed by atoms with van der Waals surface area (Å²) in [5.41, 5.74) is 0.902. The quantitative estimate of drug-likeness (QED) is 0.869. The van der Waals surface area contributed by atoms with Crippen LogP contribution in [0.3, 0.4) is 0 Å². The van der Waals surface area contributed by atoms with E-state index in [1.54, 1.807) is 11.7 Å². The number of hydrogen-bond donors (Lipinski definition) is 1. The first-order valence-corrected chi connectivity index (χ1v) is 5.97. The van der Waals surface area contributed by atoms with E-state index in [2.05, 4.69) is 5.10 Å². The molecule has 6 nitrogen and oxygen atoms in total. The van der Waals surface area contributed by atoms with E-state index in [1.807, 2.05) is 19.9 Å². The summed E-state index contributed by atoms with van der Waals surface area (Å²) in [7, 11) is 1.77. The molecule has 6 heteroatoms. The third kappa shape index (κ3) is 2.10. The third-order valence-electron chi connectivity index (χ3n) is 3.22. The van der Waals surface area contributed by atoms with Crippen LogP contribution < -0.4 is 4.90 Å². The molecule has 1 aromatic rings. The lowest BCUT2D eigenvalue weighted by atomic mass is 10.1. The monoisotopic (exact) mass is 251 g/mol. The number of carboxylic acid groups (broad SMARTS) is 1. The fraction of sp³-hybridized carbons (Fsp3) is 0.583. The first kappa shape index (κ1) is 12.6.